The van der Waals surface area contributed by atoms with Crippen molar-refractivity contribution in [1.29, 1.82) is 0 Å². The molecule has 11 heteroatoms. The number of amides is 1. The molecule has 0 spiro atoms. The van der Waals surface area contributed by atoms with Crippen LogP contribution in [0.5, 0.6) is 23.0 Å². The molecular weight excluding hydrogens is 473 g/mol. The summed E-state index contributed by atoms with van der Waals surface area (Å²) in [5, 5.41) is 8.28. The summed E-state index contributed by atoms with van der Waals surface area (Å²) in [6, 6.07) is 6.20. The fourth-order valence-electron chi connectivity index (χ4n) is 2.70. The first kappa shape index (κ1) is 26.2. The zero-order valence-electron chi connectivity index (χ0n) is 18.9. The van der Waals surface area contributed by atoms with E-state index in [-0.39, 0.29) is 16.4 Å². The Bertz CT molecular complexity index is 1010. The maximum atomic E-state index is 13.0. The number of methoxy groups -OCH3 is 2. The number of Topliss-reactive ketones (excluding diaryl/α,β-unsaturated/α-hetero) is 1. The number of benzene rings is 2. The normalized spacial score (nSPS) is 11.7. The van der Waals surface area contributed by atoms with Crippen molar-refractivity contribution < 1.29 is 28.5 Å². The molecule has 0 aliphatic heterocycles. The third-order valence-electron chi connectivity index (χ3n) is 4.27. The van der Waals surface area contributed by atoms with Gasteiger partial charge in [-0.05, 0) is 26.8 Å². The van der Waals surface area contributed by atoms with Crippen molar-refractivity contribution in [3.05, 3.63) is 35.4 Å². The molecule has 2 rings (SSSR count). The predicted octanol–water partition coefficient (Wildman–Crippen LogP) is 5.38. The molecule has 2 aromatic rings. The van der Waals surface area contributed by atoms with E-state index in [1.165, 1.54) is 39.3 Å². The highest BCUT2D eigenvalue weighted by atomic mass is 35.5. The van der Waals surface area contributed by atoms with Crippen LogP contribution in [0, 0.1) is 0 Å². The number of anilines is 1. The van der Waals surface area contributed by atoms with E-state index < -0.39 is 17.7 Å². The molecule has 0 bridgehead atoms. The Hall–Kier alpha value is -3.04. The lowest BCUT2D eigenvalue weighted by Gasteiger charge is -2.18. The Balaban J connectivity index is 2.38. The van der Waals surface area contributed by atoms with Crippen LogP contribution in [0.1, 0.15) is 20.8 Å². The average molecular weight is 498 g/mol. The lowest BCUT2D eigenvalue weighted by molar-refractivity contribution is -0.126. The van der Waals surface area contributed by atoms with Crippen molar-refractivity contribution >= 4 is 46.4 Å². The first-order valence-corrected chi connectivity index (χ1v) is 10.7. The van der Waals surface area contributed by atoms with E-state index in [1.807, 2.05) is 6.92 Å². The van der Waals surface area contributed by atoms with E-state index in [4.69, 9.17) is 42.3 Å². The van der Waals surface area contributed by atoms with E-state index in [9.17, 15) is 9.59 Å². The van der Waals surface area contributed by atoms with Crippen LogP contribution in [0.4, 0.5) is 11.4 Å². The molecule has 2 aromatic carbocycles. The SMILES string of the molecule is CCOc1cc(OCC)c(N=NC(C(C)=O)C(=O)N(Cl)c2cc(OC)cc(OC)c2)cc1Cl. The average Bonchev–Trinajstić information content (AvgIpc) is 2.80. The standard InChI is InChI=1S/C22H25Cl2N3O6/c1-6-32-19-12-20(33-7-2)18(11-17(19)23)25-26-21(13(3)28)22(29)27(24)14-8-15(30-4)10-16(9-14)31-5/h8-12,21H,6-7H2,1-5H3. The van der Waals surface area contributed by atoms with Crippen LogP contribution in [-0.4, -0.2) is 45.2 Å². The molecule has 1 unspecified atom stereocenters. The number of azo groups is 1. The number of carbonyl (C=O) groups is 2. The Morgan fingerprint density at radius 1 is 0.970 bits per heavy atom. The molecular formula is C22H25Cl2N3O6. The summed E-state index contributed by atoms with van der Waals surface area (Å²) in [4.78, 5) is 25.2. The van der Waals surface area contributed by atoms with Gasteiger partial charge >= 0.3 is 0 Å². The molecule has 0 N–H and O–H groups in total. The van der Waals surface area contributed by atoms with Crippen LogP contribution in [-0.2, 0) is 9.59 Å². The first-order chi connectivity index (χ1) is 15.7. The van der Waals surface area contributed by atoms with Crippen LogP contribution >= 0.6 is 23.4 Å². The van der Waals surface area contributed by atoms with Gasteiger partial charge in [-0.15, -0.1) is 0 Å². The van der Waals surface area contributed by atoms with Gasteiger partial charge in [0.05, 0.1) is 38.1 Å². The number of nitrogens with zero attached hydrogens (tertiary/aromatic N) is 3. The minimum atomic E-state index is -1.50. The smallest absolute Gasteiger partial charge is 0.276 e. The van der Waals surface area contributed by atoms with Crippen molar-refractivity contribution in [2.75, 3.05) is 31.9 Å². The number of halogens is 2. The summed E-state index contributed by atoms with van der Waals surface area (Å²) in [5.74, 6) is 0.213. The van der Waals surface area contributed by atoms with Gasteiger partial charge in [0.1, 0.15) is 22.9 Å². The molecule has 33 heavy (non-hydrogen) atoms. The fourth-order valence-corrected chi connectivity index (χ4v) is 3.11. The van der Waals surface area contributed by atoms with Gasteiger partial charge in [0.2, 0.25) is 6.04 Å². The van der Waals surface area contributed by atoms with Crippen molar-refractivity contribution in [3.8, 4) is 23.0 Å². The predicted molar refractivity (Wildman–Crippen MR) is 126 cm³/mol. The van der Waals surface area contributed by atoms with Gasteiger partial charge in [0.25, 0.3) is 5.91 Å². The zero-order valence-corrected chi connectivity index (χ0v) is 20.4. The van der Waals surface area contributed by atoms with Crippen LogP contribution in [0.3, 0.4) is 0 Å². The van der Waals surface area contributed by atoms with Gasteiger partial charge in [-0.1, -0.05) is 11.6 Å². The van der Waals surface area contributed by atoms with Crippen molar-refractivity contribution in [2.45, 2.75) is 26.8 Å². The van der Waals surface area contributed by atoms with Crippen LogP contribution in [0.25, 0.3) is 0 Å². The Morgan fingerprint density at radius 2 is 1.55 bits per heavy atom. The fraction of sp³-hybridized carbons (Fsp3) is 0.364. The summed E-state index contributed by atoms with van der Waals surface area (Å²) in [6.07, 6.45) is 0. The van der Waals surface area contributed by atoms with E-state index in [2.05, 4.69) is 10.2 Å². The van der Waals surface area contributed by atoms with Crippen molar-refractivity contribution in [3.63, 3.8) is 0 Å². The van der Waals surface area contributed by atoms with E-state index in [0.717, 1.165) is 4.42 Å². The van der Waals surface area contributed by atoms with Crippen LogP contribution in [0.2, 0.25) is 5.02 Å². The summed E-state index contributed by atoms with van der Waals surface area (Å²) in [5.41, 5.74) is 0.465. The summed E-state index contributed by atoms with van der Waals surface area (Å²) in [7, 11) is 2.92. The lowest BCUT2D eigenvalue weighted by atomic mass is 10.2. The van der Waals surface area contributed by atoms with Gasteiger partial charge in [-0.25, -0.2) is 4.42 Å². The van der Waals surface area contributed by atoms with Gasteiger partial charge in [0, 0.05) is 36.0 Å². The quantitative estimate of drug-likeness (QED) is 0.234. The number of ketones is 1. The van der Waals surface area contributed by atoms with Crippen LogP contribution in [0.15, 0.2) is 40.6 Å². The highest BCUT2D eigenvalue weighted by molar-refractivity contribution is 6.39. The molecule has 0 aromatic heterocycles. The Kier molecular flexibility index (Phi) is 9.74. The molecule has 0 fully saturated rings. The van der Waals surface area contributed by atoms with E-state index in [0.29, 0.717) is 36.2 Å². The van der Waals surface area contributed by atoms with Gasteiger partial charge in [-0.2, -0.15) is 10.2 Å². The minimum Gasteiger partial charge on any atom is -0.497 e. The second-order valence-electron chi connectivity index (χ2n) is 6.53. The third kappa shape index (κ3) is 6.72. The number of rotatable bonds is 11. The molecule has 0 saturated heterocycles. The molecule has 9 nitrogen and oxygen atoms in total. The molecule has 1 amide bonds. The molecule has 178 valence electrons. The number of hydrogen-bond donors (Lipinski definition) is 0. The second kappa shape index (κ2) is 12.3. The maximum absolute atomic E-state index is 13.0. The van der Waals surface area contributed by atoms with Gasteiger partial charge in [-0.3, -0.25) is 9.59 Å². The first-order valence-electron chi connectivity index (χ1n) is 9.98. The molecule has 0 saturated carbocycles. The molecule has 1 atom stereocenters. The minimum absolute atomic E-state index is 0.230. The van der Waals surface area contributed by atoms with Crippen molar-refractivity contribution in [1.82, 2.24) is 0 Å². The number of carbonyl (C=O) groups excluding carboxylic acids is 2. The second-order valence-corrected chi connectivity index (χ2v) is 7.28. The topological polar surface area (TPSA) is 99.0 Å². The molecule has 0 aliphatic carbocycles. The third-order valence-corrected chi connectivity index (χ3v) is 4.93. The number of hydrogen-bond acceptors (Lipinski definition) is 8. The highest BCUT2D eigenvalue weighted by Crippen LogP contribution is 2.38. The largest absolute Gasteiger partial charge is 0.497 e. The van der Waals surface area contributed by atoms with E-state index >= 15 is 0 Å². The number of ether oxygens (including phenoxy) is 4. The monoisotopic (exact) mass is 497 g/mol. The van der Waals surface area contributed by atoms with E-state index in [1.54, 1.807) is 19.1 Å². The van der Waals surface area contributed by atoms with Gasteiger partial charge in [0.15, 0.2) is 11.5 Å². The molecule has 0 radical (unpaired) electrons. The zero-order chi connectivity index (χ0) is 24.5. The summed E-state index contributed by atoms with van der Waals surface area (Å²) >= 11 is 12.5. The van der Waals surface area contributed by atoms with Gasteiger partial charge < -0.3 is 18.9 Å². The maximum Gasteiger partial charge on any atom is 0.276 e. The Labute approximate surface area is 202 Å². The summed E-state index contributed by atoms with van der Waals surface area (Å²) in [6.45, 7) is 5.59. The van der Waals surface area contributed by atoms with Crippen LogP contribution < -0.4 is 23.4 Å². The Morgan fingerprint density at radius 3 is 2.06 bits per heavy atom. The highest BCUT2D eigenvalue weighted by Gasteiger charge is 2.29. The molecule has 0 aliphatic rings. The molecule has 0 heterocycles. The lowest BCUT2D eigenvalue weighted by Crippen LogP contribution is -2.36. The summed E-state index contributed by atoms with van der Waals surface area (Å²) < 4.78 is 22.2. The van der Waals surface area contributed by atoms with Crippen molar-refractivity contribution in [2.24, 2.45) is 10.2 Å².